The number of aryl methyl sites for hydroxylation is 1. The van der Waals surface area contributed by atoms with Gasteiger partial charge in [0.25, 0.3) is 5.91 Å². The highest BCUT2D eigenvalue weighted by atomic mass is 35.5. The molecule has 1 unspecified atom stereocenters. The first-order chi connectivity index (χ1) is 17.5. The normalized spacial score (nSPS) is 12.1. The van der Waals surface area contributed by atoms with E-state index in [9.17, 15) is 4.79 Å². The van der Waals surface area contributed by atoms with E-state index in [4.69, 9.17) is 26.1 Å². The number of imidazole rings is 1. The van der Waals surface area contributed by atoms with Gasteiger partial charge in [0.05, 0.1) is 41.4 Å². The van der Waals surface area contributed by atoms with Crippen LogP contribution >= 0.6 is 11.6 Å². The van der Waals surface area contributed by atoms with E-state index >= 15 is 0 Å². The van der Waals surface area contributed by atoms with E-state index in [1.807, 2.05) is 68.5 Å². The monoisotopic (exact) mass is 503 g/mol. The largest absolute Gasteiger partial charge is 0.493 e. The summed E-state index contributed by atoms with van der Waals surface area (Å²) >= 11 is 6.22. The molecular formula is C29H30ClN3O3. The number of methoxy groups -OCH3 is 1. The number of ether oxygens (including phenoxy) is 2. The summed E-state index contributed by atoms with van der Waals surface area (Å²) < 4.78 is 13.7. The summed E-state index contributed by atoms with van der Waals surface area (Å²) in [5.74, 6) is 1.96. The molecule has 0 aliphatic carbocycles. The van der Waals surface area contributed by atoms with Gasteiger partial charge in [0, 0.05) is 6.54 Å². The summed E-state index contributed by atoms with van der Waals surface area (Å²) in [5.41, 5.74) is 3.40. The van der Waals surface area contributed by atoms with Crippen LogP contribution in [0.15, 0.2) is 72.8 Å². The third kappa shape index (κ3) is 5.71. The Hall–Kier alpha value is -3.77. The lowest BCUT2D eigenvalue weighted by molar-refractivity contribution is 0.0937. The van der Waals surface area contributed by atoms with Crippen molar-refractivity contribution in [3.63, 3.8) is 0 Å². The number of para-hydroxylation sites is 2. The molecule has 1 amide bonds. The Morgan fingerprint density at radius 1 is 1.11 bits per heavy atom. The molecule has 0 radical (unpaired) electrons. The summed E-state index contributed by atoms with van der Waals surface area (Å²) in [4.78, 5) is 17.7. The molecule has 3 aromatic carbocycles. The lowest BCUT2D eigenvalue weighted by Crippen LogP contribution is -2.29. The Morgan fingerprint density at radius 3 is 2.67 bits per heavy atom. The summed E-state index contributed by atoms with van der Waals surface area (Å²) in [6.45, 7) is 5.10. The number of aromatic nitrogens is 2. The Labute approximate surface area is 216 Å². The van der Waals surface area contributed by atoms with Crippen LogP contribution in [0.3, 0.4) is 0 Å². The smallest absolute Gasteiger partial charge is 0.253 e. The molecule has 1 aromatic heterocycles. The maximum absolute atomic E-state index is 12.8. The second-order valence-electron chi connectivity index (χ2n) is 8.40. The first-order valence-electron chi connectivity index (χ1n) is 12.0. The number of benzene rings is 3. The van der Waals surface area contributed by atoms with Crippen LogP contribution in [0.4, 0.5) is 0 Å². The van der Waals surface area contributed by atoms with E-state index in [1.165, 1.54) is 0 Å². The topological polar surface area (TPSA) is 65.4 Å². The molecule has 7 heteroatoms. The molecule has 0 bridgehead atoms. The van der Waals surface area contributed by atoms with Crippen molar-refractivity contribution < 1.29 is 14.3 Å². The van der Waals surface area contributed by atoms with Gasteiger partial charge < -0.3 is 19.4 Å². The average Bonchev–Trinajstić information content (AvgIpc) is 3.26. The van der Waals surface area contributed by atoms with Gasteiger partial charge in [-0.3, -0.25) is 4.79 Å². The number of nitrogens with one attached hydrogen (secondary N) is 1. The van der Waals surface area contributed by atoms with Crippen LogP contribution in [-0.2, 0) is 6.54 Å². The number of hydrogen-bond acceptors (Lipinski definition) is 4. The minimum Gasteiger partial charge on any atom is -0.493 e. The predicted octanol–water partition coefficient (Wildman–Crippen LogP) is 6.69. The van der Waals surface area contributed by atoms with Crippen LogP contribution in [-0.4, -0.2) is 29.2 Å². The molecule has 0 aliphatic rings. The van der Waals surface area contributed by atoms with Crippen molar-refractivity contribution in [2.24, 2.45) is 0 Å². The molecule has 4 rings (SSSR count). The first-order valence-corrected chi connectivity index (χ1v) is 12.3. The molecule has 0 saturated heterocycles. The predicted molar refractivity (Wildman–Crippen MR) is 145 cm³/mol. The summed E-state index contributed by atoms with van der Waals surface area (Å²) in [6, 6.07) is 20.6. The van der Waals surface area contributed by atoms with E-state index in [0.29, 0.717) is 35.2 Å². The molecule has 1 atom stereocenters. The molecule has 1 heterocycles. The summed E-state index contributed by atoms with van der Waals surface area (Å²) in [7, 11) is 1.64. The van der Waals surface area contributed by atoms with Crippen LogP contribution in [0.5, 0.6) is 11.5 Å². The Kier molecular flexibility index (Phi) is 8.28. The van der Waals surface area contributed by atoms with E-state index in [1.54, 1.807) is 31.4 Å². The second-order valence-corrected chi connectivity index (χ2v) is 8.80. The van der Waals surface area contributed by atoms with Gasteiger partial charge in [-0.25, -0.2) is 4.98 Å². The number of carbonyl (C=O) groups is 1. The fourth-order valence-electron chi connectivity index (χ4n) is 4.15. The highest BCUT2D eigenvalue weighted by Crippen LogP contribution is 2.29. The lowest BCUT2D eigenvalue weighted by Gasteiger charge is -2.17. The van der Waals surface area contributed by atoms with E-state index in [2.05, 4.69) is 9.88 Å². The third-order valence-corrected chi connectivity index (χ3v) is 6.20. The van der Waals surface area contributed by atoms with Crippen molar-refractivity contribution in [3.8, 4) is 11.5 Å². The van der Waals surface area contributed by atoms with Crippen LogP contribution < -0.4 is 14.8 Å². The maximum Gasteiger partial charge on any atom is 0.253 e. The zero-order valence-corrected chi connectivity index (χ0v) is 21.5. The molecule has 0 saturated carbocycles. The molecule has 0 spiro atoms. The molecule has 0 fully saturated rings. The average molecular weight is 504 g/mol. The first kappa shape index (κ1) is 25.3. The number of carbonyl (C=O) groups excluding carboxylic acids is 1. The maximum atomic E-state index is 12.8. The number of allylic oxidation sites excluding steroid dienone is 1. The van der Waals surface area contributed by atoms with Crippen molar-refractivity contribution in [3.05, 3.63) is 94.8 Å². The number of nitrogens with zero attached hydrogens (tertiary/aromatic N) is 2. The summed E-state index contributed by atoms with van der Waals surface area (Å²) in [6.07, 6.45) is 4.75. The van der Waals surface area contributed by atoms with E-state index < -0.39 is 0 Å². The minimum atomic E-state index is -0.318. The number of rotatable bonds is 10. The molecule has 6 nitrogen and oxygen atoms in total. The van der Waals surface area contributed by atoms with Crippen molar-refractivity contribution in [2.75, 3.05) is 13.7 Å². The van der Waals surface area contributed by atoms with Gasteiger partial charge in [-0.05, 0) is 62.2 Å². The molecule has 0 aliphatic heterocycles. The lowest BCUT2D eigenvalue weighted by atomic mass is 10.2. The van der Waals surface area contributed by atoms with Gasteiger partial charge >= 0.3 is 0 Å². The fraction of sp³-hybridized carbons (Fsp3) is 0.241. The third-order valence-electron chi connectivity index (χ3n) is 5.87. The fourth-order valence-corrected chi connectivity index (χ4v) is 4.37. The Morgan fingerprint density at radius 2 is 1.89 bits per heavy atom. The van der Waals surface area contributed by atoms with Gasteiger partial charge in [-0.15, -0.1) is 0 Å². The quantitative estimate of drug-likeness (QED) is 0.245. The van der Waals surface area contributed by atoms with Gasteiger partial charge in [0.1, 0.15) is 5.82 Å². The minimum absolute atomic E-state index is 0.233. The second kappa shape index (κ2) is 11.8. The van der Waals surface area contributed by atoms with Crippen LogP contribution in [0.1, 0.15) is 48.1 Å². The van der Waals surface area contributed by atoms with Crippen molar-refractivity contribution in [1.29, 1.82) is 0 Å². The molecule has 186 valence electrons. The number of hydrogen-bond donors (Lipinski definition) is 1. The van der Waals surface area contributed by atoms with Crippen LogP contribution in [0, 0.1) is 0 Å². The summed E-state index contributed by atoms with van der Waals surface area (Å²) in [5, 5.41) is 3.46. The van der Waals surface area contributed by atoms with Gasteiger partial charge in [-0.2, -0.15) is 0 Å². The highest BCUT2D eigenvalue weighted by molar-refractivity contribution is 6.33. The van der Waals surface area contributed by atoms with Gasteiger partial charge in [0.2, 0.25) is 0 Å². The Bertz CT molecular complexity index is 1380. The Balaban J connectivity index is 1.47. The number of halogens is 1. The van der Waals surface area contributed by atoms with Crippen molar-refractivity contribution in [2.45, 2.75) is 32.9 Å². The number of amides is 1. The SMILES string of the molecule is C/C=C/c1ccc(OCCCn2c(C(C)NC(=O)c3ccccc3Cl)nc3ccccc32)c(OC)c1. The van der Waals surface area contributed by atoms with Crippen LogP contribution in [0.25, 0.3) is 17.1 Å². The van der Waals surface area contributed by atoms with Crippen LogP contribution in [0.2, 0.25) is 5.02 Å². The highest BCUT2D eigenvalue weighted by Gasteiger charge is 2.20. The van der Waals surface area contributed by atoms with Gasteiger partial charge in [0.15, 0.2) is 11.5 Å². The standard InChI is InChI=1S/C29H30ClN3O3/c1-4-10-21-15-16-26(27(19-21)35-3)36-18-9-17-33-25-14-8-7-13-24(25)32-28(33)20(2)31-29(34)22-11-5-6-12-23(22)30/h4-8,10-16,19-20H,9,17-18H2,1-3H3,(H,31,34)/b10-4+. The van der Waals surface area contributed by atoms with Crippen molar-refractivity contribution >= 4 is 34.6 Å². The van der Waals surface area contributed by atoms with E-state index in [0.717, 1.165) is 28.8 Å². The molecule has 4 aromatic rings. The zero-order chi connectivity index (χ0) is 25.5. The zero-order valence-electron chi connectivity index (χ0n) is 20.7. The van der Waals surface area contributed by atoms with Crippen molar-refractivity contribution in [1.82, 2.24) is 14.9 Å². The van der Waals surface area contributed by atoms with E-state index in [-0.39, 0.29) is 11.9 Å². The molecule has 36 heavy (non-hydrogen) atoms. The number of fused-ring (bicyclic) bond motifs is 1. The molecular weight excluding hydrogens is 474 g/mol. The van der Waals surface area contributed by atoms with Gasteiger partial charge in [-0.1, -0.05) is 54.1 Å². The molecule has 1 N–H and O–H groups in total.